The van der Waals surface area contributed by atoms with Crippen LogP contribution in [0.4, 0.5) is 0 Å². The summed E-state index contributed by atoms with van der Waals surface area (Å²) in [4.78, 5) is 1.76. The van der Waals surface area contributed by atoms with Crippen LogP contribution in [0.25, 0.3) is 108 Å². The first kappa shape index (κ1) is 29.3. The molecule has 12 aromatic rings. The second-order valence-electron chi connectivity index (χ2n) is 30.6. The monoisotopic (exact) mass is 926 g/mol. The fraction of sp³-hybridized carbons (Fsp3) is 0.333. The molecular weight excluding hydrogens is 897 g/mol. The molecule has 1 aliphatic heterocycles. The lowest BCUT2D eigenvalue weighted by Crippen LogP contribution is -2.62. The number of fused-ring (bicyclic) bond motifs is 3. The van der Waals surface area contributed by atoms with E-state index in [1.54, 1.807) is 26.8 Å². The Labute approximate surface area is 416 Å². The van der Waals surface area contributed by atoms with Crippen molar-refractivity contribution < 1.29 is 0 Å². The predicted molar refractivity (Wildman–Crippen MR) is 284 cm³/mol. The summed E-state index contributed by atoms with van der Waals surface area (Å²) in [7, 11) is 0. The number of hydrogen-bond donors (Lipinski definition) is 0. The van der Waals surface area contributed by atoms with Gasteiger partial charge < -0.3 is 0 Å². The van der Waals surface area contributed by atoms with Gasteiger partial charge >= 0.3 is 0 Å². The summed E-state index contributed by atoms with van der Waals surface area (Å²) in [6.45, 7) is 5.28. The molecule has 0 amide bonds. The number of thioether (sulfide) groups is 1. The van der Waals surface area contributed by atoms with Gasteiger partial charge in [0.25, 0.3) is 0 Å². The van der Waals surface area contributed by atoms with Crippen LogP contribution in [0, 0.1) is 25.7 Å². The first-order chi connectivity index (χ1) is 36.3. The van der Waals surface area contributed by atoms with Crippen LogP contribution in [-0.2, 0) is 10.2 Å². The lowest BCUT2D eigenvalue weighted by Gasteiger charge is -2.65. The molecule has 0 aromatic heterocycles. The zero-order valence-electron chi connectivity index (χ0n) is 39.3. The van der Waals surface area contributed by atoms with Crippen LogP contribution in [0.2, 0.25) is 0 Å². The quantitative estimate of drug-likeness (QED) is 0.137. The van der Waals surface area contributed by atoms with E-state index in [1.165, 1.54) is 0 Å². The van der Waals surface area contributed by atoms with Crippen LogP contribution in [0.15, 0.2) is 29.2 Å². The Morgan fingerprint density at radius 2 is 0.603 bits per heavy atom. The van der Waals surface area contributed by atoms with Crippen LogP contribution >= 0.6 is 11.8 Å². The number of rotatable bonds is 0. The van der Waals surface area contributed by atoms with Crippen LogP contribution in [0.5, 0.6) is 0 Å². The van der Waals surface area contributed by atoms with E-state index in [4.69, 9.17) is 0 Å². The van der Waals surface area contributed by atoms with Crippen molar-refractivity contribution in [2.75, 3.05) is 0 Å². The molecule has 0 nitrogen and oxygen atoms in total. The van der Waals surface area contributed by atoms with E-state index >= 15 is 0 Å². The molecule has 22 aliphatic carbocycles. The minimum absolute atomic E-state index is 0.0145. The van der Waals surface area contributed by atoms with Gasteiger partial charge in [0.15, 0.2) is 0 Å². The van der Waals surface area contributed by atoms with Crippen molar-refractivity contribution in [1.82, 2.24) is 0 Å². The summed E-state index contributed by atoms with van der Waals surface area (Å²) in [6, 6.07) is 9.97. The molecule has 0 radical (unpaired) electrons. The van der Waals surface area contributed by atoms with Gasteiger partial charge in [0, 0.05) is 10.3 Å². The maximum atomic E-state index is 2.70. The number of aryl methyl sites for hydroxylation is 1. The van der Waals surface area contributed by atoms with E-state index in [1.807, 2.05) is 203 Å². The predicted octanol–water partition coefficient (Wildman–Crippen LogP) is 16.3. The van der Waals surface area contributed by atoms with Crippen LogP contribution in [-0.4, -0.2) is 0 Å². The van der Waals surface area contributed by atoms with Crippen molar-refractivity contribution >= 4 is 109 Å². The first-order valence-electron chi connectivity index (χ1n) is 29.7. The maximum absolute atomic E-state index is 2.70. The average molecular weight is 927 g/mol. The van der Waals surface area contributed by atoms with Gasteiger partial charge in [-0.1, -0.05) is 24.3 Å². The van der Waals surface area contributed by atoms with E-state index in [0.717, 1.165) is 0 Å². The summed E-state index contributed by atoms with van der Waals surface area (Å²) in [5, 5.41) is 33.9. The Bertz CT molecular complexity index is 5860. The van der Waals surface area contributed by atoms with Crippen molar-refractivity contribution in [1.29, 1.82) is 0 Å². The second kappa shape index (κ2) is 6.79. The minimum Gasteiger partial charge on any atom is -0.112 e. The van der Waals surface area contributed by atoms with Crippen LogP contribution < -0.4 is 0 Å². The zero-order chi connectivity index (χ0) is 43.5. The van der Waals surface area contributed by atoms with E-state index in [2.05, 4.69) is 61.0 Å². The van der Waals surface area contributed by atoms with E-state index in [9.17, 15) is 0 Å². The third-order valence-corrected chi connectivity index (χ3v) is 33.7. The fourth-order valence-corrected chi connectivity index (χ4v) is 35.4. The SMILES string of the molecule is Cc1c2c(c3ccccc3c1C)SC13c4c5c6c7c8c9c%10c%11c%12c%13c%14c%15c(c%16c%13c%10c7c4-%16)C21C1C%15C2c4c7c%10c%13c%15c%16c%17c%18c%19c%20c%21c%22c%23c(c4c4c%22c%19c%16c%104)C2C%14C%12C%23C%21C%11C9C%20C%18C8C6C%17C%15C5C3C%13C71. The van der Waals surface area contributed by atoms with Gasteiger partial charge in [0.05, 0.1) is 4.75 Å². The van der Waals surface area contributed by atoms with Crippen LogP contribution in [0.1, 0.15) is 234 Å². The van der Waals surface area contributed by atoms with Crippen molar-refractivity contribution in [3.8, 4) is 11.1 Å². The summed E-state index contributed by atoms with van der Waals surface area (Å²) in [6.07, 6.45) is 0. The van der Waals surface area contributed by atoms with Crippen LogP contribution in [0.3, 0.4) is 0 Å². The smallest absolute Gasteiger partial charge is 0.0645 e. The maximum Gasteiger partial charge on any atom is 0.0645 e. The molecule has 73 heavy (non-hydrogen) atoms. The standard InChI is InChI=1S/C72H30S/c1-7-8(2)65-70(10-6-4-3-5-9(7)10)73-72-68-61-55-45-33-25-17-13-11-12-15-19(17)27(33)37-31-23(15)24-16(12)20-18-14(11)22-21(13)29-35(25)43-49-39(29)40-30(22)36-26(18)34-28(20)38-32(24)42-41(31)53(47(37)55)63(68)64-54(42)48(38)56-46(34)52-44(36)50(40)58-57(49)66(59(61)51(43)45)71(65,72)67(58)60(52)62(56)69(64)72/h3-6,13,15,17,19,21,23,29,31,39-42,50,54,58,60,62,64,67,69H,1-2H3. The molecule has 22 unspecified atom stereocenters. The Hall–Kier alpha value is -5.89. The third kappa shape index (κ3) is 1.62. The van der Waals surface area contributed by atoms with Gasteiger partial charge in [-0.25, -0.2) is 0 Å². The summed E-state index contributed by atoms with van der Waals surface area (Å²) in [5.74, 6) is 13.1. The highest BCUT2D eigenvalue weighted by atomic mass is 32.2. The molecule has 12 aromatic carbocycles. The molecule has 1 saturated carbocycles. The molecule has 0 saturated heterocycles. The van der Waals surface area contributed by atoms with Crippen molar-refractivity contribution in [3.63, 3.8) is 0 Å². The van der Waals surface area contributed by atoms with Gasteiger partial charge in [-0.15, -0.1) is 11.8 Å². The third-order valence-electron chi connectivity index (χ3n) is 31.9. The van der Waals surface area contributed by atoms with Gasteiger partial charge in [-0.3, -0.25) is 0 Å². The zero-order valence-corrected chi connectivity index (χ0v) is 40.1. The molecule has 1 fully saturated rings. The molecule has 2 spiro atoms. The second-order valence-corrected chi connectivity index (χ2v) is 31.9. The Morgan fingerprint density at radius 3 is 1.07 bits per heavy atom. The Balaban J connectivity index is 1.00. The molecule has 1 heteroatoms. The highest BCUT2D eigenvalue weighted by Gasteiger charge is 2.90. The molecule has 1 heterocycles. The lowest BCUT2D eigenvalue weighted by atomic mass is 9.39. The molecule has 324 valence electrons. The van der Waals surface area contributed by atoms with Crippen molar-refractivity contribution in [2.24, 2.45) is 11.8 Å². The van der Waals surface area contributed by atoms with E-state index < -0.39 is 0 Å². The first-order valence-corrected chi connectivity index (χ1v) is 30.5. The summed E-state index contributed by atoms with van der Waals surface area (Å²) in [5.41, 5.74) is 49.7. The van der Waals surface area contributed by atoms with E-state index in [-0.39, 0.29) is 10.2 Å². The van der Waals surface area contributed by atoms with E-state index in [0.29, 0.717) is 118 Å². The number of hydrogen-bond acceptors (Lipinski definition) is 1. The highest BCUT2D eigenvalue weighted by Crippen LogP contribution is 3.01. The largest absolute Gasteiger partial charge is 0.112 e. The molecular formula is C72H30S. The molecule has 35 rings (SSSR count). The summed E-state index contributed by atoms with van der Waals surface area (Å²) < 4.78 is 0.0181. The number of benzene rings is 11. The molecule has 0 N–H and O–H groups in total. The van der Waals surface area contributed by atoms with Gasteiger partial charge in [0.2, 0.25) is 0 Å². The Morgan fingerprint density at radius 1 is 0.288 bits per heavy atom. The van der Waals surface area contributed by atoms with Gasteiger partial charge in [-0.05, 0) is 368 Å². The molecule has 22 atom stereocenters. The lowest BCUT2D eigenvalue weighted by molar-refractivity contribution is 0.0339. The summed E-state index contributed by atoms with van der Waals surface area (Å²) >= 11 is 2.61. The van der Waals surface area contributed by atoms with Gasteiger partial charge in [0.1, 0.15) is 0 Å². The highest BCUT2D eigenvalue weighted by molar-refractivity contribution is 8.01. The molecule has 0 bridgehead atoms. The molecule has 23 aliphatic rings. The fourth-order valence-electron chi connectivity index (χ4n) is 33.1. The normalized spacial score (nSPS) is 46.5. The minimum atomic E-state index is -0.0145. The van der Waals surface area contributed by atoms with Gasteiger partial charge in [-0.2, -0.15) is 0 Å². The van der Waals surface area contributed by atoms with Crippen molar-refractivity contribution in [2.45, 2.75) is 135 Å². The average Bonchev–Trinajstić information content (AvgIpc) is 4.28. The Kier molecular flexibility index (Phi) is 2.72. The van der Waals surface area contributed by atoms with Crippen molar-refractivity contribution in [3.05, 3.63) is 152 Å². The topological polar surface area (TPSA) is 0 Å².